The Hall–Kier alpha value is -1.82. The molecule has 84 valence electrons. The van der Waals surface area contributed by atoms with Crippen LogP contribution in [0.2, 0.25) is 0 Å². The third-order valence-corrected chi connectivity index (χ3v) is 3.42. The molecule has 0 saturated heterocycles. The van der Waals surface area contributed by atoms with E-state index < -0.39 is 5.97 Å². The molecule has 0 amide bonds. The minimum atomic E-state index is -0.538. The topological polar surface area (TPSA) is 64.4 Å². The molecular formula is C10H10N2O3S. The van der Waals surface area contributed by atoms with Crippen LogP contribution in [0.1, 0.15) is 15.2 Å². The summed E-state index contributed by atoms with van der Waals surface area (Å²) in [6.45, 7) is 1.73. The first-order valence-corrected chi connectivity index (χ1v) is 5.37. The first-order valence-electron chi connectivity index (χ1n) is 4.56. The van der Waals surface area contributed by atoms with Crippen LogP contribution in [0.25, 0.3) is 5.00 Å². The van der Waals surface area contributed by atoms with Crippen LogP contribution in [0, 0.1) is 6.92 Å². The minimum absolute atomic E-state index is 0.0395. The molecule has 0 saturated carbocycles. The molecular weight excluding hydrogens is 228 g/mol. The second-order valence-corrected chi connectivity index (χ2v) is 4.15. The predicted octanol–water partition coefficient (Wildman–Crippen LogP) is 1.73. The standard InChI is InChI=1S/C10H10N2O3S/c1-6-7(13)8(10(14)15-2)16-9(6)12-5-3-4-11-12/h3-5,13H,1-2H3. The van der Waals surface area contributed by atoms with E-state index in [2.05, 4.69) is 9.84 Å². The summed E-state index contributed by atoms with van der Waals surface area (Å²) in [4.78, 5) is 11.6. The van der Waals surface area contributed by atoms with Crippen LogP contribution in [-0.2, 0) is 4.74 Å². The molecule has 0 aliphatic heterocycles. The van der Waals surface area contributed by atoms with E-state index in [0.29, 0.717) is 10.6 Å². The van der Waals surface area contributed by atoms with E-state index in [9.17, 15) is 9.90 Å². The minimum Gasteiger partial charge on any atom is -0.506 e. The lowest BCUT2D eigenvalue weighted by Gasteiger charge is -1.97. The van der Waals surface area contributed by atoms with Crippen molar-refractivity contribution in [2.75, 3.05) is 7.11 Å². The Kier molecular flexibility index (Phi) is 2.66. The summed E-state index contributed by atoms with van der Waals surface area (Å²) < 4.78 is 6.19. The number of carbonyl (C=O) groups excluding carboxylic acids is 1. The smallest absolute Gasteiger partial charge is 0.351 e. The molecule has 0 atom stereocenters. The van der Waals surface area contributed by atoms with E-state index in [0.717, 1.165) is 11.3 Å². The molecule has 2 aromatic rings. The van der Waals surface area contributed by atoms with Gasteiger partial charge in [-0.25, -0.2) is 9.48 Å². The lowest BCUT2D eigenvalue weighted by atomic mass is 10.3. The maximum Gasteiger partial charge on any atom is 0.351 e. The average Bonchev–Trinajstić information content (AvgIpc) is 2.89. The second kappa shape index (κ2) is 3.97. The molecule has 5 nitrogen and oxygen atoms in total. The third kappa shape index (κ3) is 1.57. The van der Waals surface area contributed by atoms with Crippen molar-refractivity contribution in [3.63, 3.8) is 0 Å². The maximum atomic E-state index is 11.4. The number of esters is 1. The van der Waals surface area contributed by atoms with Crippen LogP contribution < -0.4 is 0 Å². The summed E-state index contributed by atoms with van der Waals surface area (Å²) in [6, 6.07) is 1.77. The average molecular weight is 238 g/mol. The summed E-state index contributed by atoms with van der Waals surface area (Å²) in [5.74, 6) is -0.577. The molecule has 0 unspecified atom stereocenters. The molecule has 1 N–H and O–H groups in total. The maximum absolute atomic E-state index is 11.4. The van der Waals surface area contributed by atoms with Gasteiger partial charge >= 0.3 is 5.97 Å². The Balaban J connectivity index is 2.54. The van der Waals surface area contributed by atoms with Gasteiger partial charge < -0.3 is 9.84 Å². The zero-order valence-electron chi connectivity index (χ0n) is 8.80. The van der Waals surface area contributed by atoms with Crippen molar-refractivity contribution in [1.29, 1.82) is 0 Å². The van der Waals surface area contributed by atoms with Crippen molar-refractivity contribution in [3.05, 3.63) is 28.9 Å². The van der Waals surface area contributed by atoms with Gasteiger partial charge in [0.05, 0.1) is 7.11 Å². The number of thiophene rings is 1. The number of methoxy groups -OCH3 is 1. The van der Waals surface area contributed by atoms with Gasteiger partial charge in [0.15, 0.2) is 4.88 Å². The number of carbonyl (C=O) groups is 1. The van der Waals surface area contributed by atoms with Gasteiger partial charge in [0, 0.05) is 18.0 Å². The fourth-order valence-corrected chi connectivity index (χ4v) is 2.39. The van der Waals surface area contributed by atoms with Crippen LogP contribution in [0.3, 0.4) is 0 Å². The first-order chi connectivity index (χ1) is 7.65. The highest BCUT2D eigenvalue weighted by atomic mass is 32.1. The number of hydrogen-bond acceptors (Lipinski definition) is 5. The van der Waals surface area contributed by atoms with E-state index in [1.807, 2.05) is 0 Å². The van der Waals surface area contributed by atoms with Gasteiger partial charge in [0.2, 0.25) is 0 Å². The quantitative estimate of drug-likeness (QED) is 0.809. The summed E-state index contributed by atoms with van der Waals surface area (Å²) >= 11 is 1.15. The molecule has 2 aromatic heterocycles. The number of ether oxygens (including phenoxy) is 1. The zero-order valence-corrected chi connectivity index (χ0v) is 9.61. The first kappa shape index (κ1) is 10.7. The summed E-state index contributed by atoms with van der Waals surface area (Å²) in [7, 11) is 1.28. The highest BCUT2D eigenvalue weighted by Crippen LogP contribution is 2.36. The van der Waals surface area contributed by atoms with Crippen molar-refractivity contribution in [2.45, 2.75) is 6.92 Å². The normalized spacial score (nSPS) is 10.4. The van der Waals surface area contributed by atoms with Crippen molar-refractivity contribution in [1.82, 2.24) is 9.78 Å². The van der Waals surface area contributed by atoms with E-state index >= 15 is 0 Å². The Morgan fingerprint density at radius 2 is 2.38 bits per heavy atom. The van der Waals surface area contributed by atoms with E-state index in [4.69, 9.17) is 0 Å². The molecule has 0 fully saturated rings. The van der Waals surface area contributed by atoms with Gasteiger partial charge in [0.1, 0.15) is 10.8 Å². The summed E-state index contributed by atoms with van der Waals surface area (Å²) in [5.41, 5.74) is 0.620. The third-order valence-electron chi connectivity index (χ3n) is 2.17. The highest BCUT2D eigenvalue weighted by Gasteiger charge is 2.21. The van der Waals surface area contributed by atoms with Gasteiger partial charge in [-0.15, -0.1) is 11.3 Å². The molecule has 0 aliphatic rings. The molecule has 2 heterocycles. The number of rotatable bonds is 2. The molecule has 0 aromatic carbocycles. The SMILES string of the molecule is COC(=O)c1sc(-n2cccn2)c(C)c1O. The number of aromatic hydroxyl groups is 1. The lowest BCUT2D eigenvalue weighted by molar-refractivity contribution is 0.0603. The monoisotopic (exact) mass is 238 g/mol. The van der Waals surface area contributed by atoms with Crippen molar-refractivity contribution in [2.24, 2.45) is 0 Å². The van der Waals surface area contributed by atoms with Crippen LogP contribution in [0.4, 0.5) is 0 Å². The van der Waals surface area contributed by atoms with Crippen molar-refractivity contribution in [3.8, 4) is 10.8 Å². The lowest BCUT2D eigenvalue weighted by Crippen LogP contribution is -1.97. The molecule has 16 heavy (non-hydrogen) atoms. The fourth-order valence-electron chi connectivity index (χ4n) is 1.33. The number of nitrogens with zero attached hydrogens (tertiary/aromatic N) is 2. The van der Waals surface area contributed by atoms with Gasteiger partial charge in [-0.1, -0.05) is 0 Å². The highest BCUT2D eigenvalue weighted by molar-refractivity contribution is 7.17. The Bertz CT molecular complexity index is 516. The molecule has 0 bridgehead atoms. The second-order valence-electron chi connectivity index (χ2n) is 3.15. The molecule has 0 aliphatic carbocycles. The molecule has 2 rings (SSSR count). The molecule has 0 radical (unpaired) electrons. The molecule has 6 heteroatoms. The largest absolute Gasteiger partial charge is 0.506 e. The van der Waals surface area contributed by atoms with E-state index in [1.54, 1.807) is 30.1 Å². The van der Waals surface area contributed by atoms with E-state index in [-0.39, 0.29) is 10.6 Å². The van der Waals surface area contributed by atoms with Crippen LogP contribution in [0.15, 0.2) is 18.5 Å². The zero-order chi connectivity index (χ0) is 11.7. The number of hydrogen-bond donors (Lipinski definition) is 1. The number of aromatic nitrogens is 2. The van der Waals surface area contributed by atoms with E-state index in [1.165, 1.54) is 7.11 Å². The van der Waals surface area contributed by atoms with Crippen LogP contribution in [0.5, 0.6) is 5.75 Å². The van der Waals surface area contributed by atoms with Crippen LogP contribution in [-0.4, -0.2) is 28.0 Å². The van der Waals surface area contributed by atoms with Gasteiger partial charge in [-0.3, -0.25) is 0 Å². The predicted molar refractivity (Wildman–Crippen MR) is 59.2 cm³/mol. The van der Waals surface area contributed by atoms with Crippen molar-refractivity contribution < 1.29 is 14.6 Å². The Morgan fingerprint density at radius 3 is 2.94 bits per heavy atom. The van der Waals surface area contributed by atoms with Gasteiger partial charge in [0.25, 0.3) is 0 Å². The Labute approximate surface area is 95.9 Å². The van der Waals surface area contributed by atoms with Crippen LogP contribution >= 0.6 is 11.3 Å². The fraction of sp³-hybridized carbons (Fsp3) is 0.200. The van der Waals surface area contributed by atoms with Gasteiger partial charge in [-0.05, 0) is 13.0 Å². The molecule has 0 spiro atoms. The summed E-state index contributed by atoms with van der Waals surface area (Å²) in [6.07, 6.45) is 3.38. The van der Waals surface area contributed by atoms with Crippen molar-refractivity contribution >= 4 is 17.3 Å². The Morgan fingerprint density at radius 1 is 1.62 bits per heavy atom. The summed E-state index contributed by atoms with van der Waals surface area (Å²) in [5, 5.41) is 14.5. The van der Waals surface area contributed by atoms with Gasteiger partial charge in [-0.2, -0.15) is 5.10 Å².